The Hall–Kier alpha value is -2.56. The Morgan fingerprint density at radius 1 is 1.26 bits per heavy atom. The van der Waals surface area contributed by atoms with E-state index in [1.807, 2.05) is 0 Å². The molecule has 1 aliphatic rings. The van der Waals surface area contributed by atoms with Crippen molar-refractivity contribution in [1.29, 1.82) is 0 Å². The molecule has 0 aliphatic carbocycles. The number of ether oxygens (including phenoxy) is 1. The summed E-state index contributed by atoms with van der Waals surface area (Å²) >= 11 is 12.6. The highest BCUT2D eigenvalue weighted by molar-refractivity contribution is 8.18. The van der Waals surface area contributed by atoms with E-state index >= 15 is 0 Å². The number of halogens is 4. The fourth-order valence-corrected chi connectivity index (χ4v) is 3.96. The van der Waals surface area contributed by atoms with Crippen molar-refractivity contribution in [1.82, 2.24) is 14.8 Å². The van der Waals surface area contributed by atoms with Gasteiger partial charge in [-0.1, -0.05) is 35.3 Å². The first-order chi connectivity index (χ1) is 14.7. The lowest BCUT2D eigenvalue weighted by Crippen LogP contribution is -2.37. The number of alkyl halides is 2. The molecule has 7 nitrogen and oxygen atoms in total. The predicted molar refractivity (Wildman–Crippen MR) is 114 cm³/mol. The Morgan fingerprint density at radius 2 is 1.94 bits per heavy atom. The van der Waals surface area contributed by atoms with Crippen molar-refractivity contribution in [2.75, 3.05) is 13.1 Å². The molecule has 2 aromatic rings. The number of benzene rings is 1. The zero-order valence-electron chi connectivity index (χ0n) is 15.9. The maximum absolute atomic E-state index is 12.5. The van der Waals surface area contributed by atoms with Crippen molar-refractivity contribution in [2.45, 2.75) is 6.61 Å². The van der Waals surface area contributed by atoms with E-state index < -0.39 is 23.7 Å². The molecule has 0 radical (unpaired) electrons. The zero-order valence-corrected chi connectivity index (χ0v) is 18.2. The van der Waals surface area contributed by atoms with Crippen molar-refractivity contribution in [2.24, 2.45) is 7.05 Å². The molecule has 3 rings (SSSR count). The first kappa shape index (κ1) is 23.1. The fourth-order valence-electron chi connectivity index (χ4n) is 2.72. The Morgan fingerprint density at radius 3 is 2.52 bits per heavy atom. The second-order valence-corrected chi connectivity index (χ2v) is 8.02. The maximum Gasteiger partial charge on any atom is 0.387 e. The van der Waals surface area contributed by atoms with Gasteiger partial charge in [0.05, 0.1) is 9.93 Å². The zero-order chi connectivity index (χ0) is 22.7. The minimum atomic E-state index is -2.93. The summed E-state index contributed by atoms with van der Waals surface area (Å²) in [5.41, 5.74) is 0.779. The Bertz CT molecular complexity index is 1060. The highest BCUT2D eigenvalue weighted by atomic mass is 35.5. The highest BCUT2D eigenvalue weighted by Crippen LogP contribution is 2.32. The van der Waals surface area contributed by atoms with Crippen LogP contribution in [0.15, 0.2) is 35.2 Å². The molecule has 31 heavy (non-hydrogen) atoms. The van der Waals surface area contributed by atoms with Gasteiger partial charge in [0.1, 0.15) is 16.6 Å². The van der Waals surface area contributed by atoms with Gasteiger partial charge in [0, 0.05) is 20.1 Å². The Kier molecular flexibility index (Phi) is 7.24. The highest BCUT2D eigenvalue weighted by Gasteiger charge is 2.34. The monoisotopic (exact) mass is 489 g/mol. The molecule has 1 aliphatic heterocycles. The molecular formula is C19H15Cl2F2N3O4S. The van der Waals surface area contributed by atoms with Gasteiger partial charge in [-0.3, -0.25) is 19.3 Å². The predicted octanol–water partition coefficient (Wildman–Crippen LogP) is 4.40. The lowest BCUT2D eigenvalue weighted by Gasteiger charge is -2.13. The van der Waals surface area contributed by atoms with Crippen LogP contribution in [0.4, 0.5) is 13.6 Å². The van der Waals surface area contributed by atoms with E-state index in [0.29, 0.717) is 5.56 Å². The van der Waals surface area contributed by atoms with Gasteiger partial charge in [-0.15, -0.1) is 0 Å². The van der Waals surface area contributed by atoms with E-state index in [1.54, 1.807) is 7.05 Å². The van der Waals surface area contributed by atoms with Gasteiger partial charge in [-0.05, 0) is 41.6 Å². The minimum absolute atomic E-state index is 0.0169. The van der Waals surface area contributed by atoms with Crippen LogP contribution in [0.5, 0.6) is 5.75 Å². The molecule has 0 spiro atoms. The first-order valence-electron chi connectivity index (χ1n) is 8.76. The summed E-state index contributed by atoms with van der Waals surface area (Å²) in [6.07, 6.45) is 1.48. The Balaban J connectivity index is 1.59. The van der Waals surface area contributed by atoms with Crippen LogP contribution in [0.2, 0.25) is 10.2 Å². The number of rotatable bonds is 7. The summed E-state index contributed by atoms with van der Waals surface area (Å²) in [5.74, 6) is -0.983. The first-order valence-corrected chi connectivity index (χ1v) is 10.3. The van der Waals surface area contributed by atoms with Gasteiger partial charge >= 0.3 is 6.61 Å². The van der Waals surface area contributed by atoms with E-state index in [2.05, 4.69) is 10.1 Å². The van der Waals surface area contributed by atoms with Gasteiger partial charge in [-0.2, -0.15) is 8.78 Å². The van der Waals surface area contributed by atoms with E-state index in [4.69, 9.17) is 23.2 Å². The summed E-state index contributed by atoms with van der Waals surface area (Å²) < 4.78 is 30.1. The Labute approximate surface area is 189 Å². The molecule has 0 saturated carbocycles. The summed E-state index contributed by atoms with van der Waals surface area (Å²) in [6, 6.07) is 7.06. The van der Waals surface area contributed by atoms with Crippen LogP contribution < -0.4 is 10.1 Å². The molecule has 164 valence electrons. The quantitative estimate of drug-likeness (QED) is 0.583. The number of hydrogen-bond donors (Lipinski definition) is 1. The van der Waals surface area contributed by atoms with Gasteiger partial charge in [0.2, 0.25) is 0 Å². The largest absolute Gasteiger partial charge is 0.435 e. The van der Waals surface area contributed by atoms with Gasteiger partial charge < -0.3 is 14.6 Å². The number of thioether (sulfide) groups is 1. The van der Waals surface area contributed by atoms with Gasteiger partial charge in [0.15, 0.2) is 0 Å². The number of imide groups is 1. The average Bonchev–Trinajstić information content (AvgIpc) is 3.13. The number of nitrogens with one attached hydrogen (secondary N) is 1. The smallest absolute Gasteiger partial charge is 0.387 e. The van der Waals surface area contributed by atoms with Crippen LogP contribution in [0.25, 0.3) is 6.08 Å². The van der Waals surface area contributed by atoms with E-state index in [-0.39, 0.29) is 39.6 Å². The van der Waals surface area contributed by atoms with Crippen LogP contribution in [-0.2, 0) is 11.8 Å². The molecule has 0 atom stereocenters. The van der Waals surface area contributed by atoms with Crippen LogP contribution in [-0.4, -0.2) is 46.2 Å². The normalized spacial score (nSPS) is 15.3. The maximum atomic E-state index is 12.5. The van der Waals surface area contributed by atoms with Crippen LogP contribution >= 0.6 is 35.0 Å². The van der Waals surface area contributed by atoms with Crippen molar-refractivity contribution >= 4 is 58.1 Å². The molecular weight excluding hydrogens is 475 g/mol. The second-order valence-electron chi connectivity index (χ2n) is 6.26. The summed E-state index contributed by atoms with van der Waals surface area (Å²) in [6.45, 7) is -2.93. The molecule has 1 aromatic heterocycles. The number of carbonyl (C=O) groups is 3. The summed E-state index contributed by atoms with van der Waals surface area (Å²) in [4.78, 5) is 38.1. The number of amides is 3. The van der Waals surface area contributed by atoms with Crippen LogP contribution in [0.1, 0.15) is 16.1 Å². The van der Waals surface area contributed by atoms with E-state index in [0.717, 1.165) is 16.7 Å². The third kappa shape index (κ3) is 5.38. The molecule has 1 fully saturated rings. The van der Waals surface area contributed by atoms with Crippen molar-refractivity contribution in [3.8, 4) is 5.75 Å². The third-order valence-corrected chi connectivity index (χ3v) is 6.00. The van der Waals surface area contributed by atoms with Crippen LogP contribution in [0.3, 0.4) is 0 Å². The van der Waals surface area contributed by atoms with Crippen molar-refractivity contribution in [3.05, 3.63) is 56.7 Å². The number of aromatic nitrogens is 1. The molecule has 2 heterocycles. The standard InChI is InChI=1S/C19H15Cl2F2N3O4S/c1-25-13(9-12(20)15(25)21)16(27)24-6-7-26-17(28)14(31-19(26)29)8-10-2-4-11(5-3-10)30-18(22)23/h2-5,8-9,18H,6-7H2,1H3,(H,24,27)/b14-8-. The SMILES string of the molecule is Cn1c(C(=O)NCCN2C(=O)S/C(=C\c3ccc(OC(F)F)cc3)C2=O)cc(Cl)c1Cl. The molecule has 0 unspecified atom stereocenters. The number of nitrogens with zero attached hydrogens (tertiary/aromatic N) is 2. The second kappa shape index (κ2) is 9.71. The summed E-state index contributed by atoms with van der Waals surface area (Å²) in [7, 11) is 1.58. The molecule has 1 N–H and O–H groups in total. The molecule has 0 bridgehead atoms. The van der Waals surface area contributed by atoms with Gasteiger partial charge in [0.25, 0.3) is 17.1 Å². The minimum Gasteiger partial charge on any atom is -0.435 e. The lowest BCUT2D eigenvalue weighted by atomic mass is 10.2. The van der Waals surface area contributed by atoms with E-state index in [9.17, 15) is 23.2 Å². The molecule has 3 amide bonds. The van der Waals surface area contributed by atoms with Crippen molar-refractivity contribution < 1.29 is 27.9 Å². The fraction of sp³-hybridized carbons (Fsp3) is 0.211. The van der Waals surface area contributed by atoms with Crippen molar-refractivity contribution in [3.63, 3.8) is 0 Å². The molecule has 12 heteroatoms. The number of carbonyl (C=O) groups excluding carboxylic acids is 3. The molecule has 1 aromatic carbocycles. The topological polar surface area (TPSA) is 80.6 Å². The number of hydrogen-bond acceptors (Lipinski definition) is 5. The average molecular weight is 490 g/mol. The lowest BCUT2D eigenvalue weighted by molar-refractivity contribution is -0.122. The van der Waals surface area contributed by atoms with Gasteiger partial charge in [-0.25, -0.2) is 0 Å². The van der Waals surface area contributed by atoms with E-state index in [1.165, 1.54) is 41.0 Å². The summed E-state index contributed by atoms with van der Waals surface area (Å²) in [5, 5.41) is 2.58. The van der Waals surface area contributed by atoms with Crippen LogP contribution in [0, 0.1) is 0 Å². The third-order valence-electron chi connectivity index (χ3n) is 4.25. The molecule has 1 saturated heterocycles.